The Morgan fingerprint density at radius 1 is 0.589 bits per heavy atom. The quantitative estimate of drug-likeness (QED) is 0.0251. The number of ketones is 2. The van der Waals surface area contributed by atoms with Crippen LogP contribution in [0.1, 0.15) is 101 Å². The molecule has 4 saturated heterocycles. The molecule has 2 unspecified atom stereocenters. The molecule has 0 bridgehead atoms. The predicted molar refractivity (Wildman–Crippen MR) is 336 cm³/mol. The Bertz CT molecular complexity index is 3400. The fourth-order valence-electron chi connectivity index (χ4n) is 11.9. The minimum absolute atomic E-state index is 0.0217. The second-order valence-corrected chi connectivity index (χ2v) is 24.0. The monoisotopic (exact) mass is 1330 g/mol. The lowest BCUT2D eigenvalue weighted by molar-refractivity contribution is -0.193. The Morgan fingerprint density at radius 3 is 1.44 bits per heavy atom. The molecule has 0 saturated carbocycles. The number of halogens is 10. The fraction of sp³-hybridized carbons (Fsp3) is 0.469. The average Bonchev–Trinajstić information content (AvgIpc) is 1.77. The Balaban J connectivity index is 0.000000195. The zero-order valence-electron chi connectivity index (χ0n) is 49.7. The number of nitrogens with one attached hydrogen (secondary N) is 4. The van der Waals surface area contributed by atoms with Gasteiger partial charge in [-0.1, -0.05) is 82.8 Å². The summed E-state index contributed by atoms with van der Waals surface area (Å²) in [7, 11) is 0. The van der Waals surface area contributed by atoms with Gasteiger partial charge < -0.3 is 35.0 Å². The molecule has 4 aromatic carbocycles. The minimum atomic E-state index is -5.77. The van der Waals surface area contributed by atoms with Crippen molar-refractivity contribution in [3.8, 4) is 0 Å². The van der Waals surface area contributed by atoms with Crippen LogP contribution in [0.5, 0.6) is 0 Å². The summed E-state index contributed by atoms with van der Waals surface area (Å²) in [4.78, 5) is 84.3. The van der Waals surface area contributed by atoms with Crippen molar-refractivity contribution in [3.63, 3.8) is 0 Å². The zero-order valence-corrected chi connectivity index (χ0v) is 52.7. The van der Waals surface area contributed by atoms with Crippen molar-refractivity contribution >= 4 is 115 Å². The number of rotatable bonds is 15. The van der Waals surface area contributed by atoms with E-state index in [1.54, 1.807) is 30.3 Å². The lowest BCUT2D eigenvalue weighted by Gasteiger charge is -2.39. The van der Waals surface area contributed by atoms with Crippen molar-refractivity contribution in [2.45, 2.75) is 114 Å². The van der Waals surface area contributed by atoms with Crippen LogP contribution < -0.4 is 10.6 Å². The van der Waals surface area contributed by atoms with E-state index in [9.17, 15) is 55.1 Å². The number of amides is 2. The standard InChI is InChI=1S/C30H36Cl2N4O3.C23H33N3O2.C7H3Cl2NO.C4F6O2/c1-2-39-29(37)28(35-15-11-21(12-16-35)24-19-33-27-6-4-3-5-23(24)27)17-20-9-13-36(14-10-20)30(38)34-22-7-8-25(31)26(32)18-22;1-2-28-23(27)22(15-17-7-11-24-12-8-17)26-13-9-18(10-14-26)20-16-25-21-6-4-3-5-19(20)21;8-6-2-1-5(10-4-11)3-7(6)9;5-3(6,7)1(11)2(12)4(8,9)10/h3-8,18-21,28,33H,2,9-17H2,1H3,(H,34,38);3-6,16-18,22,24-25H,2,7-15H2,1H3;1-3H;. The fourth-order valence-corrected chi connectivity index (χ4v) is 12.5. The van der Waals surface area contributed by atoms with Crippen molar-refractivity contribution in [3.05, 3.63) is 129 Å². The van der Waals surface area contributed by atoms with Crippen molar-refractivity contribution in [2.75, 3.05) is 70.9 Å². The molecule has 16 nitrogen and oxygen atoms in total. The number of esters is 2. The van der Waals surface area contributed by atoms with Crippen molar-refractivity contribution < 1.29 is 64.6 Å². The highest BCUT2D eigenvalue weighted by Crippen LogP contribution is 2.38. The van der Waals surface area contributed by atoms with E-state index >= 15 is 0 Å². The van der Waals surface area contributed by atoms with E-state index in [1.807, 2.05) is 18.7 Å². The maximum atomic E-state index is 13.1. The Morgan fingerprint density at radius 2 is 1.02 bits per heavy atom. The number of aromatic nitrogens is 2. The van der Waals surface area contributed by atoms with E-state index < -0.39 is 23.9 Å². The van der Waals surface area contributed by atoms with Gasteiger partial charge >= 0.3 is 41.9 Å². The number of anilines is 1. The first-order valence-electron chi connectivity index (χ1n) is 29.9. The number of fused-ring (bicyclic) bond motifs is 2. The number of urea groups is 1. The minimum Gasteiger partial charge on any atom is -0.465 e. The number of aromatic amines is 2. The molecule has 10 rings (SSSR count). The summed E-state index contributed by atoms with van der Waals surface area (Å²) < 4.78 is 77.9. The first kappa shape index (κ1) is 71.0. The summed E-state index contributed by atoms with van der Waals surface area (Å²) >= 11 is 23.3. The smallest absolute Gasteiger partial charge is 0.458 e. The number of isocyanates is 1. The van der Waals surface area contributed by atoms with E-state index in [4.69, 9.17) is 55.9 Å². The summed E-state index contributed by atoms with van der Waals surface area (Å²) in [6.45, 7) is 11.7. The number of para-hydroxylation sites is 2. The van der Waals surface area contributed by atoms with E-state index in [-0.39, 0.29) is 30.1 Å². The van der Waals surface area contributed by atoms with Crippen molar-refractivity contribution in [1.29, 1.82) is 0 Å². The largest absolute Gasteiger partial charge is 0.465 e. The number of ether oxygens (including phenoxy) is 2. The number of carbonyl (C=O) groups excluding carboxylic acids is 6. The highest BCUT2D eigenvalue weighted by molar-refractivity contribution is 6.43. The molecule has 90 heavy (non-hydrogen) atoms. The van der Waals surface area contributed by atoms with Gasteiger partial charge in [0.05, 0.1) is 39.0 Å². The first-order chi connectivity index (χ1) is 43.0. The van der Waals surface area contributed by atoms with E-state index in [0.29, 0.717) is 81.4 Å². The van der Waals surface area contributed by atoms with Gasteiger partial charge in [-0.15, -0.1) is 0 Å². The van der Waals surface area contributed by atoms with Gasteiger partial charge in [-0.05, 0) is 201 Å². The first-order valence-corrected chi connectivity index (χ1v) is 31.4. The lowest BCUT2D eigenvalue weighted by atomic mass is 9.86. The molecule has 4 aliphatic heterocycles. The van der Waals surface area contributed by atoms with Gasteiger partial charge in [-0.25, -0.2) is 9.59 Å². The number of benzene rings is 4. The Kier molecular flexibility index (Phi) is 26.6. The maximum absolute atomic E-state index is 13.1. The summed E-state index contributed by atoms with van der Waals surface area (Å²) in [5.74, 6) is -4.92. The van der Waals surface area contributed by atoms with Crippen LogP contribution in [0.3, 0.4) is 0 Å². The van der Waals surface area contributed by atoms with Crippen LogP contribution in [0.2, 0.25) is 20.1 Å². The van der Waals surface area contributed by atoms with Crippen LogP contribution in [0.25, 0.3) is 21.8 Å². The second-order valence-electron chi connectivity index (χ2n) is 22.3. The van der Waals surface area contributed by atoms with Gasteiger partial charge in [0, 0.05) is 53.0 Å². The van der Waals surface area contributed by atoms with E-state index in [1.165, 1.54) is 57.9 Å². The number of H-pyrrole nitrogens is 2. The zero-order chi connectivity index (χ0) is 65.1. The number of aliphatic imine (C=N–C) groups is 1. The van der Waals surface area contributed by atoms with Gasteiger partial charge in [-0.2, -0.15) is 31.3 Å². The number of piperidine rings is 4. The Hall–Kier alpha value is -6.49. The third-order valence-electron chi connectivity index (χ3n) is 16.6. The molecule has 2 amide bonds. The van der Waals surface area contributed by atoms with Crippen molar-refractivity contribution in [1.82, 2.24) is 30.0 Å². The summed E-state index contributed by atoms with van der Waals surface area (Å²) in [6.07, 6.45) is 4.19. The van der Waals surface area contributed by atoms with E-state index in [2.05, 4.69) is 96.3 Å². The molecule has 4 fully saturated rings. The molecule has 486 valence electrons. The second kappa shape index (κ2) is 33.7. The van der Waals surface area contributed by atoms with Crippen LogP contribution >= 0.6 is 46.4 Å². The molecule has 0 spiro atoms. The molecule has 0 radical (unpaired) electrons. The molecule has 2 aromatic heterocycles. The number of alkyl halides is 6. The molecule has 6 heterocycles. The number of hydrogen-bond donors (Lipinski definition) is 4. The number of nitrogens with zero attached hydrogens (tertiary/aromatic N) is 4. The maximum Gasteiger partial charge on any atom is 0.458 e. The highest BCUT2D eigenvalue weighted by atomic mass is 35.5. The topological polar surface area (TPSA) is 199 Å². The number of carbonyl (C=O) groups is 5. The van der Waals surface area contributed by atoms with Crippen LogP contribution in [0, 0.1) is 11.8 Å². The molecule has 0 aliphatic carbocycles. The molecular weight excluding hydrogens is 1260 g/mol. The third kappa shape index (κ3) is 20.0. The summed E-state index contributed by atoms with van der Waals surface area (Å²) in [5, 5.41) is 10.7. The van der Waals surface area contributed by atoms with Gasteiger partial charge in [0.1, 0.15) is 12.1 Å². The predicted octanol–water partition coefficient (Wildman–Crippen LogP) is 14.8. The number of likely N-dealkylation sites (tertiary alicyclic amines) is 3. The van der Waals surface area contributed by atoms with Crippen LogP contribution in [0.4, 0.5) is 42.5 Å². The van der Waals surface area contributed by atoms with Gasteiger partial charge in [0.2, 0.25) is 6.08 Å². The van der Waals surface area contributed by atoms with Gasteiger partial charge in [0.15, 0.2) is 0 Å². The molecule has 2 atom stereocenters. The number of hydrogen-bond acceptors (Lipinski definition) is 12. The molecule has 4 N–H and O–H groups in total. The SMILES string of the molecule is CCOC(=O)C(CC1CCN(C(=O)Nc2ccc(Cl)c(Cl)c2)CC1)N1CCC(c2c[nH]c3ccccc23)CC1.CCOC(=O)C(CC1CCNCC1)N1CCC(c2c[nH]c3ccccc23)CC1.O=C(C(=O)C(F)(F)F)C(F)(F)F.O=C=Nc1ccc(Cl)c(Cl)c1. The highest BCUT2D eigenvalue weighted by Gasteiger charge is 2.54. The third-order valence-corrected chi connectivity index (χ3v) is 18.1. The lowest BCUT2D eigenvalue weighted by Crippen LogP contribution is -2.48. The molecule has 4 aliphatic rings. The normalized spacial score (nSPS) is 17.3. The molecular formula is C64H72Cl4F6N8O8. The molecule has 6 aromatic rings. The molecule has 26 heteroatoms. The summed E-state index contributed by atoms with van der Waals surface area (Å²) in [6, 6.07) is 26.3. The van der Waals surface area contributed by atoms with E-state index in [0.717, 1.165) is 90.6 Å². The van der Waals surface area contributed by atoms with Crippen LogP contribution in [0.15, 0.2) is 102 Å². The number of Topliss-reactive ketones (excluding diaryl/α,β-unsaturated/α-hetero) is 2. The van der Waals surface area contributed by atoms with Crippen LogP contribution in [-0.4, -0.2) is 150 Å². The average molecular weight is 1340 g/mol. The van der Waals surface area contributed by atoms with Crippen LogP contribution in [-0.2, 0) is 33.4 Å². The van der Waals surface area contributed by atoms with Gasteiger partial charge in [0.25, 0.3) is 0 Å². The van der Waals surface area contributed by atoms with Crippen molar-refractivity contribution in [2.24, 2.45) is 16.8 Å². The van der Waals surface area contributed by atoms with Gasteiger partial charge in [-0.3, -0.25) is 29.0 Å². The Labute approximate surface area is 537 Å². The summed E-state index contributed by atoms with van der Waals surface area (Å²) in [5.41, 5.74) is 6.28.